The van der Waals surface area contributed by atoms with Gasteiger partial charge in [0.2, 0.25) is 0 Å². The van der Waals surface area contributed by atoms with E-state index in [0.29, 0.717) is 6.54 Å². The van der Waals surface area contributed by atoms with E-state index >= 15 is 0 Å². The zero-order valence-electron chi connectivity index (χ0n) is 11.2. The Bertz CT molecular complexity index is 286. The van der Waals surface area contributed by atoms with E-state index in [9.17, 15) is 14.2 Å². The summed E-state index contributed by atoms with van der Waals surface area (Å²) in [7, 11) is -5.16. The van der Waals surface area contributed by atoms with Crippen LogP contribution in [0.4, 0.5) is 0 Å². The van der Waals surface area contributed by atoms with Gasteiger partial charge in [-0.3, -0.25) is 18.2 Å². The number of aliphatic hydroxyl groups is 1. The Balaban J connectivity index is 4.24. The maximum Gasteiger partial charge on any atom is 0.320 e. The van der Waals surface area contributed by atoms with Gasteiger partial charge in [0.25, 0.3) is 5.97 Å². The van der Waals surface area contributed by atoms with Gasteiger partial charge in [-0.1, -0.05) is 19.8 Å². The molecule has 0 saturated carbocycles. The summed E-state index contributed by atoms with van der Waals surface area (Å²) < 4.78 is 29.8. The minimum absolute atomic E-state index is 0.205. The van der Waals surface area contributed by atoms with E-state index in [1.807, 2.05) is 4.90 Å². The molecule has 0 aliphatic rings. The monoisotopic (exact) mass is 319 g/mol. The van der Waals surface area contributed by atoms with Gasteiger partial charge >= 0.3 is 16.5 Å². The zero-order valence-corrected chi connectivity index (χ0v) is 13.2. The Labute approximate surface area is 114 Å². The van der Waals surface area contributed by atoms with E-state index < -0.39 is 22.5 Å². The lowest BCUT2D eigenvalue weighted by atomic mass is 10.2. The summed E-state index contributed by atoms with van der Waals surface area (Å²) in [6.45, 7) is 3.16. The fourth-order valence-electron chi connectivity index (χ4n) is 1.47. The van der Waals surface area contributed by atoms with Crippen LogP contribution >= 0.6 is 16.5 Å². The summed E-state index contributed by atoms with van der Waals surface area (Å²) in [4.78, 5) is 19.1. The molecular weight excluding hydrogens is 296 g/mol. The first-order chi connectivity index (χ1) is 8.79. The van der Waals surface area contributed by atoms with Crippen LogP contribution in [-0.4, -0.2) is 45.9 Å². The molecule has 116 valence electrons. The van der Waals surface area contributed by atoms with Gasteiger partial charge in [0.05, 0.1) is 0 Å². The largest absolute Gasteiger partial charge is 0.343 e. The molecule has 0 rings (SSSR count). The maximum absolute atomic E-state index is 10.6. The third-order valence-corrected chi connectivity index (χ3v) is 3.43. The highest BCUT2D eigenvalue weighted by atomic mass is 31.1. The second kappa shape index (κ2) is 10.0. The number of nitrogens with zero attached hydrogens (tertiary/aromatic N) is 1. The topological polar surface area (TPSA) is 117 Å². The number of rotatable bonds is 11. The van der Waals surface area contributed by atoms with Gasteiger partial charge in [-0.15, -0.1) is 0 Å². The van der Waals surface area contributed by atoms with Crippen molar-refractivity contribution in [2.45, 2.75) is 38.6 Å². The molecule has 0 aromatic heterocycles. The van der Waals surface area contributed by atoms with Crippen molar-refractivity contribution in [3.05, 3.63) is 0 Å². The fraction of sp³-hybridized carbons (Fsp3) is 1.00. The van der Waals surface area contributed by atoms with Crippen LogP contribution in [0.1, 0.15) is 32.6 Å². The molecule has 2 unspecified atom stereocenters. The first kappa shape index (κ1) is 19.2. The first-order valence-electron chi connectivity index (χ1n) is 6.04. The lowest BCUT2D eigenvalue weighted by Crippen LogP contribution is -2.36. The van der Waals surface area contributed by atoms with E-state index in [4.69, 9.17) is 9.79 Å². The van der Waals surface area contributed by atoms with E-state index in [2.05, 4.69) is 16.0 Å². The zero-order chi connectivity index (χ0) is 14.9. The molecule has 8 nitrogen and oxygen atoms in total. The average Bonchev–Trinajstić information content (AvgIpc) is 2.24. The Morgan fingerprint density at radius 1 is 1.11 bits per heavy atom. The molecule has 0 aliphatic heterocycles. The van der Waals surface area contributed by atoms with Gasteiger partial charge in [-0.05, 0) is 20.0 Å². The van der Waals surface area contributed by atoms with Crippen LogP contribution in [-0.2, 0) is 18.2 Å². The molecule has 0 aromatic carbocycles. The summed E-state index contributed by atoms with van der Waals surface area (Å²) in [6, 6.07) is 0. The third kappa shape index (κ3) is 10.6. The van der Waals surface area contributed by atoms with Crippen molar-refractivity contribution in [1.82, 2.24) is 4.90 Å². The fourth-order valence-corrected chi connectivity index (χ4v) is 2.39. The Kier molecular flexibility index (Phi) is 10.1. The minimum Gasteiger partial charge on any atom is -0.343 e. The lowest BCUT2D eigenvalue weighted by molar-refractivity contribution is -0.277. The second-order valence-electron chi connectivity index (χ2n) is 4.21. The summed E-state index contributed by atoms with van der Waals surface area (Å²) in [5.41, 5.74) is 0. The predicted molar refractivity (Wildman–Crippen MR) is 71.2 cm³/mol. The van der Waals surface area contributed by atoms with Crippen molar-refractivity contribution in [3.8, 4) is 0 Å². The normalized spacial score (nSPS) is 18.2. The summed E-state index contributed by atoms with van der Waals surface area (Å²) in [6.07, 6.45) is 2.95. The quantitative estimate of drug-likeness (QED) is 0.293. The van der Waals surface area contributed by atoms with Crippen LogP contribution in [0.3, 0.4) is 0 Å². The Morgan fingerprint density at radius 3 is 2.05 bits per heavy atom. The van der Waals surface area contributed by atoms with Crippen LogP contribution in [0.5, 0.6) is 0 Å². The van der Waals surface area contributed by atoms with Crippen LogP contribution in [0.25, 0.3) is 0 Å². The van der Waals surface area contributed by atoms with E-state index in [-0.39, 0.29) is 6.42 Å². The standard InChI is InChI=1S/C9H23NO7P2/c1-3-4-5-7-10(2)8-6-9(11,16-18(12)13)17-19(14)15/h11,18-19H,3-8H2,1-2H3,(H,12,13)(H,14,15). The second-order valence-corrected chi connectivity index (χ2v) is 5.68. The minimum atomic E-state index is -3.48. The van der Waals surface area contributed by atoms with Crippen molar-refractivity contribution in [2.75, 3.05) is 20.1 Å². The number of hydrogen-bond acceptors (Lipinski definition) is 6. The van der Waals surface area contributed by atoms with Crippen molar-refractivity contribution < 1.29 is 33.1 Å². The van der Waals surface area contributed by atoms with Gasteiger partial charge in [0.1, 0.15) is 0 Å². The van der Waals surface area contributed by atoms with Gasteiger partial charge in [-0.25, -0.2) is 0 Å². The summed E-state index contributed by atoms with van der Waals surface area (Å²) in [5, 5.41) is 9.73. The smallest absolute Gasteiger partial charge is 0.320 e. The lowest BCUT2D eigenvalue weighted by Gasteiger charge is -2.27. The van der Waals surface area contributed by atoms with Crippen LogP contribution in [0.15, 0.2) is 0 Å². The molecular formula is C9H23NO7P2. The van der Waals surface area contributed by atoms with E-state index in [1.165, 1.54) is 0 Å². The Hall–Kier alpha value is 0.220. The predicted octanol–water partition coefficient (Wildman–Crippen LogP) is 0.942. The van der Waals surface area contributed by atoms with Crippen molar-refractivity contribution in [3.63, 3.8) is 0 Å². The molecule has 19 heavy (non-hydrogen) atoms. The van der Waals surface area contributed by atoms with E-state index in [1.54, 1.807) is 7.05 Å². The molecule has 0 saturated heterocycles. The molecule has 3 N–H and O–H groups in total. The van der Waals surface area contributed by atoms with Crippen LogP contribution in [0, 0.1) is 0 Å². The molecule has 0 spiro atoms. The van der Waals surface area contributed by atoms with Gasteiger partial charge in [0, 0.05) is 13.0 Å². The molecule has 2 atom stereocenters. The number of hydrogen-bond donors (Lipinski definition) is 3. The van der Waals surface area contributed by atoms with Crippen LogP contribution < -0.4 is 0 Å². The first-order valence-corrected chi connectivity index (χ1v) is 8.56. The SMILES string of the molecule is CCCCCN(C)CCC(O)(O[PH](=O)O)O[PH](=O)O. The highest BCUT2D eigenvalue weighted by Crippen LogP contribution is 2.34. The van der Waals surface area contributed by atoms with E-state index in [0.717, 1.165) is 25.8 Å². The number of unbranched alkanes of at least 4 members (excludes halogenated alkanes) is 2. The van der Waals surface area contributed by atoms with Gasteiger partial charge in [0.15, 0.2) is 0 Å². The molecule has 0 radical (unpaired) electrons. The maximum atomic E-state index is 10.6. The molecule has 0 bridgehead atoms. The molecule has 0 aliphatic carbocycles. The van der Waals surface area contributed by atoms with Crippen LogP contribution in [0.2, 0.25) is 0 Å². The summed E-state index contributed by atoms with van der Waals surface area (Å²) >= 11 is 0. The highest BCUT2D eigenvalue weighted by molar-refractivity contribution is 7.33. The van der Waals surface area contributed by atoms with Gasteiger partial charge < -0.3 is 19.8 Å². The molecule has 10 heteroatoms. The molecule has 0 aromatic rings. The Morgan fingerprint density at radius 2 is 1.63 bits per heavy atom. The molecule has 0 fully saturated rings. The highest BCUT2D eigenvalue weighted by Gasteiger charge is 2.33. The van der Waals surface area contributed by atoms with Crippen molar-refractivity contribution in [2.24, 2.45) is 0 Å². The van der Waals surface area contributed by atoms with Gasteiger partial charge in [-0.2, -0.15) is 0 Å². The van der Waals surface area contributed by atoms with Crippen molar-refractivity contribution in [1.29, 1.82) is 0 Å². The third-order valence-electron chi connectivity index (χ3n) is 2.45. The molecule has 0 heterocycles. The summed E-state index contributed by atoms with van der Waals surface area (Å²) in [5.74, 6) is -2.51. The molecule has 0 amide bonds. The van der Waals surface area contributed by atoms with Crippen molar-refractivity contribution >= 4 is 16.5 Å². The average molecular weight is 319 g/mol.